The van der Waals surface area contributed by atoms with Crippen LogP contribution in [-0.2, 0) is 4.79 Å². The van der Waals surface area contributed by atoms with E-state index < -0.39 is 12.0 Å². The van der Waals surface area contributed by atoms with Crippen molar-refractivity contribution in [1.29, 1.82) is 0 Å². The molecule has 0 aliphatic rings. The van der Waals surface area contributed by atoms with Crippen molar-refractivity contribution in [2.45, 2.75) is 32.7 Å². The van der Waals surface area contributed by atoms with Gasteiger partial charge in [0.1, 0.15) is 11.9 Å². The lowest BCUT2D eigenvalue weighted by molar-refractivity contribution is -0.138. The minimum Gasteiger partial charge on any atom is -0.480 e. The van der Waals surface area contributed by atoms with Gasteiger partial charge in [-0.25, -0.2) is 4.79 Å². The van der Waals surface area contributed by atoms with Gasteiger partial charge in [0.15, 0.2) is 5.69 Å². The van der Waals surface area contributed by atoms with Crippen molar-refractivity contribution in [2.24, 2.45) is 0 Å². The zero-order valence-corrected chi connectivity index (χ0v) is 11.0. The van der Waals surface area contributed by atoms with Crippen LogP contribution < -0.4 is 10.6 Å². The maximum Gasteiger partial charge on any atom is 0.326 e. The number of amides is 1. The minimum absolute atomic E-state index is 0.203. The van der Waals surface area contributed by atoms with Crippen LogP contribution in [0.25, 0.3) is 0 Å². The second kappa shape index (κ2) is 7.30. The second-order valence-electron chi connectivity index (χ2n) is 3.99. The third-order valence-electron chi connectivity index (χ3n) is 2.43. The molecule has 7 nitrogen and oxygen atoms in total. The molecule has 1 atom stereocenters. The van der Waals surface area contributed by atoms with Crippen LogP contribution in [0.3, 0.4) is 0 Å². The van der Waals surface area contributed by atoms with Gasteiger partial charge in [0.2, 0.25) is 0 Å². The summed E-state index contributed by atoms with van der Waals surface area (Å²) < 4.78 is 0. The summed E-state index contributed by atoms with van der Waals surface area (Å²) in [7, 11) is 0. The SMILES string of the molecule is CCCC(Nc1ccc(C(=O)NCC)nn1)C(=O)O. The number of aromatic nitrogens is 2. The summed E-state index contributed by atoms with van der Waals surface area (Å²) in [5, 5.41) is 21.9. The molecule has 1 aromatic heterocycles. The Labute approximate surface area is 111 Å². The van der Waals surface area contributed by atoms with Crippen LogP contribution in [0.4, 0.5) is 5.82 Å². The lowest BCUT2D eigenvalue weighted by atomic mass is 10.2. The maximum atomic E-state index is 11.5. The smallest absolute Gasteiger partial charge is 0.326 e. The lowest BCUT2D eigenvalue weighted by Gasteiger charge is -2.13. The van der Waals surface area contributed by atoms with Crippen molar-refractivity contribution in [3.63, 3.8) is 0 Å². The van der Waals surface area contributed by atoms with E-state index in [9.17, 15) is 9.59 Å². The van der Waals surface area contributed by atoms with Gasteiger partial charge in [-0.2, -0.15) is 0 Å². The number of carbonyl (C=O) groups excluding carboxylic acids is 1. The molecule has 1 unspecified atom stereocenters. The molecule has 0 saturated heterocycles. The molecule has 104 valence electrons. The Morgan fingerprint density at radius 2 is 2.05 bits per heavy atom. The van der Waals surface area contributed by atoms with Crippen LogP contribution in [0.1, 0.15) is 37.2 Å². The number of carboxylic acid groups (broad SMARTS) is 1. The molecule has 0 fully saturated rings. The first kappa shape index (κ1) is 14.9. The number of carboxylic acids is 1. The van der Waals surface area contributed by atoms with Crippen molar-refractivity contribution in [3.8, 4) is 0 Å². The fourth-order valence-corrected chi connectivity index (χ4v) is 1.51. The van der Waals surface area contributed by atoms with Crippen molar-refractivity contribution in [3.05, 3.63) is 17.8 Å². The molecule has 1 heterocycles. The fraction of sp³-hybridized carbons (Fsp3) is 0.500. The molecule has 0 aliphatic heterocycles. The van der Waals surface area contributed by atoms with E-state index in [2.05, 4.69) is 20.8 Å². The third-order valence-corrected chi connectivity index (χ3v) is 2.43. The number of rotatable bonds is 7. The highest BCUT2D eigenvalue weighted by molar-refractivity contribution is 5.92. The number of hydrogen-bond acceptors (Lipinski definition) is 5. The van der Waals surface area contributed by atoms with E-state index in [4.69, 9.17) is 5.11 Å². The van der Waals surface area contributed by atoms with E-state index in [1.165, 1.54) is 6.07 Å². The quantitative estimate of drug-likeness (QED) is 0.677. The molecule has 0 aliphatic carbocycles. The average Bonchev–Trinajstić information content (AvgIpc) is 2.39. The van der Waals surface area contributed by atoms with Gasteiger partial charge in [-0.3, -0.25) is 4.79 Å². The van der Waals surface area contributed by atoms with Gasteiger partial charge in [0.05, 0.1) is 0 Å². The molecule has 19 heavy (non-hydrogen) atoms. The predicted molar refractivity (Wildman–Crippen MR) is 70.0 cm³/mol. The average molecular weight is 266 g/mol. The third kappa shape index (κ3) is 4.53. The normalized spacial score (nSPS) is 11.7. The number of hydrogen-bond donors (Lipinski definition) is 3. The largest absolute Gasteiger partial charge is 0.480 e. The molecule has 0 aromatic carbocycles. The van der Waals surface area contributed by atoms with Gasteiger partial charge in [-0.1, -0.05) is 13.3 Å². The number of nitrogens with one attached hydrogen (secondary N) is 2. The van der Waals surface area contributed by atoms with Gasteiger partial charge in [-0.15, -0.1) is 10.2 Å². The zero-order valence-electron chi connectivity index (χ0n) is 11.0. The first-order valence-corrected chi connectivity index (χ1v) is 6.19. The molecule has 1 rings (SSSR count). The lowest BCUT2D eigenvalue weighted by Crippen LogP contribution is -2.30. The van der Waals surface area contributed by atoms with Crippen molar-refractivity contribution in [2.75, 3.05) is 11.9 Å². The van der Waals surface area contributed by atoms with Crippen molar-refractivity contribution in [1.82, 2.24) is 15.5 Å². The molecule has 0 saturated carbocycles. The number of nitrogens with zero attached hydrogens (tertiary/aromatic N) is 2. The van der Waals surface area contributed by atoms with E-state index in [-0.39, 0.29) is 11.6 Å². The van der Waals surface area contributed by atoms with Gasteiger partial charge < -0.3 is 15.7 Å². The van der Waals surface area contributed by atoms with Gasteiger partial charge in [0, 0.05) is 6.54 Å². The molecular formula is C12H18N4O3. The topological polar surface area (TPSA) is 104 Å². The second-order valence-corrected chi connectivity index (χ2v) is 3.99. The molecule has 7 heteroatoms. The summed E-state index contributed by atoms with van der Waals surface area (Å²) in [5.74, 6) is -0.893. The van der Waals surface area contributed by atoms with E-state index in [0.717, 1.165) is 6.42 Å². The Hall–Kier alpha value is -2.18. The summed E-state index contributed by atoms with van der Waals surface area (Å²) in [5.41, 5.74) is 0.203. The molecule has 1 aromatic rings. The Bertz CT molecular complexity index is 433. The summed E-state index contributed by atoms with van der Waals surface area (Å²) in [6.45, 7) is 4.23. The first-order valence-electron chi connectivity index (χ1n) is 6.19. The molecule has 1 amide bonds. The van der Waals surface area contributed by atoms with Crippen LogP contribution in [-0.4, -0.2) is 39.8 Å². The first-order chi connectivity index (χ1) is 9.08. The maximum absolute atomic E-state index is 11.5. The molecule has 0 radical (unpaired) electrons. The Kier molecular flexibility index (Phi) is 5.72. The fourth-order valence-electron chi connectivity index (χ4n) is 1.51. The van der Waals surface area contributed by atoms with Crippen LogP contribution in [0.5, 0.6) is 0 Å². The Morgan fingerprint density at radius 1 is 1.32 bits per heavy atom. The number of aliphatic carboxylic acids is 1. The summed E-state index contributed by atoms with van der Waals surface area (Å²) >= 11 is 0. The Balaban J connectivity index is 2.70. The zero-order chi connectivity index (χ0) is 14.3. The summed E-state index contributed by atoms with van der Waals surface area (Å²) in [6.07, 6.45) is 1.24. The van der Waals surface area contributed by atoms with Crippen molar-refractivity contribution < 1.29 is 14.7 Å². The highest BCUT2D eigenvalue weighted by Gasteiger charge is 2.16. The van der Waals surface area contributed by atoms with E-state index in [1.807, 2.05) is 13.8 Å². The summed E-state index contributed by atoms with van der Waals surface area (Å²) in [4.78, 5) is 22.4. The number of anilines is 1. The molecular weight excluding hydrogens is 248 g/mol. The molecule has 0 bridgehead atoms. The van der Waals surface area contributed by atoms with Crippen molar-refractivity contribution >= 4 is 17.7 Å². The van der Waals surface area contributed by atoms with Crippen LogP contribution in [0.2, 0.25) is 0 Å². The summed E-state index contributed by atoms with van der Waals surface area (Å²) in [6, 6.07) is 2.35. The van der Waals surface area contributed by atoms with E-state index >= 15 is 0 Å². The van der Waals surface area contributed by atoms with Crippen LogP contribution >= 0.6 is 0 Å². The molecule has 3 N–H and O–H groups in total. The highest BCUT2D eigenvalue weighted by Crippen LogP contribution is 2.08. The standard InChI is InChI=1S/C12H18N4O3/c1-3-5-9(12(18)19)14-10-7-6-8(15-16-10)11(17)13-4-2/h6-7,9H,3-5H2,1-2H3,(H,13,17)(H,14,16)(H,18,19). The van der Waals surface area contributed by atoms with Gasteiger partial charge in [-0.05, 0) is 25.5 Å². The van der Waals surface area contributed by atoms with E-state index in [0.29, 0.717) is 18.8 Å². The van der Waals surface area contributed by atoms with Gasteiger partial charge >= 0.3 is 5.97 Å². The van der Waals surface area contributed by atoms with Crippen LogP contribution in [0.15, 0.2) is 12.1 Å². The monoisotopic (exact) mass is 266 g/mol. The molecule has 0 spiro atoms. The highest BCUT2D eigenvalue weighted by atomic mass is 16.4. The number of carbonyl (C=O) groups is 2. The van der Waals surface area contributed by atoms with Crippen LogP contribution in [0, 0.1) is 0 Å². The minimum atomic E-state index is -0.934. The predicted octanol–water partition coefficient (Wildman–Crippen LogP) is 0.891. The Morgan fingerprint density at radius 3 is 2.53 bits per heavy atom. The van der Waals surface area contributed by atoms with E-state index in [1.54, 1.807) is 6.07 Å². The van der Waals surface area contributed by atoms with Gasteiger partial charge in [0.25, 0.3) is 5.91 Å².